The van der Waals surface area contributed by atoms with Crippen molar-refractivity contribution in [3.8, 4) is 0 Å². The molecule has 0 unspecified atom stereocenters. The smallest absolute Gasteiger partial charge is 0.251 e. The van der Waals surface area contributed by atoms with E-state index in [0.717, 1.165) is 12.0 Å². The zero-order valence-electron chi connectivity index (χ0n) is 15.2. The van der Waals surface area contributed by atoms with E-state index in [4.69, 9.17) is 0 Å². The molecule has 6 heteroatoms. The molecule has 2 aromatic carbocycles. The summed E-state index contributed by atoms with van der Waals surface area (Å²) in [5, 5.41) is 2.82. The van der Waals surface area contributed by atoms with Crippen molar-refractivity contribution in [1.82, 2.24) is 10.0 Å². The molecule has 0 aliphatic carbocycles. The summed E-state index contributed by atoms with van der Waals surface area (Å²) in [6.45, 7) is 5.04. The van der Waals surface area contributed by atoms with Crippen LogP contribution in [0, 0.1) is 5.92 Å². The predicted octanol–water partition coefficient (Wildman–Crippen LogP) is 2.98. The van der Waals surface area contributed by atoms with E-state index in [1.54, 1.807) is 12.1 Å². The highest BCUT2D eigenvalue weighted by Crippen LogP contribution is 2.12. The molecule has 0 radical (unpaired) electrons. The van der Waals surface area contributed by atoms with E-state index in [2.05, 4.69) is 23.9 Å². The molecule has 5 nitrogen and oxygen atoms in total. The summed E-state index contributed by atoms with van der Waals surface area (Å²) in [7, 11) is -3.65. The molecular formula is C20H26N2O3S. The maximum atomic E-state index is 12.5. The summed E-state index contributed by atoms with van der Waals surface area (Å²) in [6.07, 6.45) is 1.49. The first-order valence-electron chi connectivity index (χ1n) is 8.80. The van der Waals surface area contributed by atoms with Gasteiger partial charge in [0.1, 0.15) is 0 Å². The molecule has 0 aromatic heterocycles. The highest BCUT2D eigenvalue weighted by atomic mass is 32.2. The summed E-state index contributed by atoms with van der Waals surface area (Å²) >= 11 is 0. The molecule has 0 bridgehead atoms. The third-order valence-corrected chi connectivity index (χ3v) is 5.42. The monoisotopic (exact) mass is 374 g/mol. The Morgan fingerprint density at radius 1 is 1.00 bits per heavy atom. The first-order valence-corrected chi connectivity index (χ1v) is 10.3. The molecule has 0 heterocycles. The zero-order valence-corrected chi connectivity index (χ0v) is 16.1. The second-order valence-electron chi connectivity index (χ2n) is 6.60. The summed E-state index contributed by atoms with van der Waals surface area (Å²) in [6, 6.07) is 15.8. The van der Waals surface area contributed by atoms with Gasteiger partial charge in [-0.15, -0.1) is 0 Å². The van der Waals surface area contributed by atoms with Crippen LogP contribution in [0.4, 0.5) is 0 Å². The van der Waals surface area contributed by atoms with Crippen molar-refractivity contribution in [2.45, 2.75) is 31.6 Å². The molecule has 0 aliphatic heterocycles. The Bertz CT molecular complexity index is 818. The molecule has 0 saturated heterocycles. The van der Waals surface area contributed by atoms with Crippen molar-refractivity contribution in [2.24, 2.45) is 5.92 Å². The molecule has 0 saturated carbocycles. The van der Waals surface area contributed by atoms with Gasteiger partial charge in [-0.1, -0.05) is 50.2 Å². The van der Waals surface area contributed by atoms with Gasteiger partial charge in [0.25, 0.3) is 5.91 Å². The van der Waals surface area contributed by atoms with Crippen LogP contribution in [0.25, 0.3) is 0 Å². The van der Waals surface area contributed by atoms with E-state index >= 15 is 0 Å². The van der Waals surface area contributed by atoms with Crippen molar-refractivity contribution in [3.05, 3.63) is 65.7 Å². The summed E-state index contributed by atoms with van der Waals surface area (Å²) in [5.74, 6) is 0.239. The largest absolute Gasteiger partial charge is 0.352 e. The van der Waals surface area contributed by atoms with Gasteiger partial charge in [-0.2, -0.15) is 0 Å². The van der Waals surface area contributed by atoms with Gasteiger partial charge in [0.2, 0.25) is 10.0 Å². The van der Waals surface area contributed by atoms with Crippen LogP contribution in [0.15, 0.2) is 59.5 Å². The lowest BCUT2D eigenvalue weighted by Gasteiger charge is -2.10. The van der Waals surface area contributed by atoms with Crippen LogP contribution < -0.4 is 10.0 Å². The highest BCUT2D eigenvalue weighted by molar-refractivity contribution is 7.89. The van der Waals surface area contributed by atoms with E-state index in [0.29, 0.717) is 31.0 Å². The Morgan fingerprint density at radius 2 is 1.73 bits per heavy atom. The lowest BCUT2D eigenvalue weighted by Crippen LogP contribution is -2.27. The molecule has 0 atom stereocenters. The topological polar surface area (TPSA) is 75.3 Å². The predicted molar refractivity (Wildman–Crippen MR) is 104 cm³/mol. The second-order valence-corrected chi connectivity index (χ2v) is 8.37. The Morgan fingerprint density at radius 3 is 2.42 bits per heavy atom. The van der Waals surface area contributed by atoms with Gasteiger partial charge >= 0.3 is 0 Å². The highest BCUT2D eigenvalue weighted by Gasteiger charge is 2.16. The average molecular weight is 375 g/mol. The Kier molecular flexibility index (Phi) is 7.36. The van der Waals surface area contributed by atoms with Crippen molar-refractivity contribution >= 4 is 15.9 Å². The number of amides is 1. The van der Waals surface area contributed by atoms with Crippen molar-refractivity contribution in [2.75, 3.05) is 13.1 Å². The molecule has 0 aliphatic rings. The summed E-state index contributed by atoms with van der Waals surface area (Å²) in [4.78, 5) is 12.3. The molecule has 0 fully saturated rings. The fourth-order valence-electron chi connectivity index (χ4n) is 2.44. The maximum Gasteiger partial charge on any atom is 0.251 e. The number of sulfonamides is 1. The second kappa shape index (κ2) is 9.50. The fourth-order valence-corrected chi connectivity index (χ4v) is 3.52. The normalized spacial score (nSPS) is 11.5. The summed E-state index contributed by atoms with van der Waals surface area (Å²) < 4.78 is 27.5. The van der Waals surface area contributed by atoms with E-state index in [1.807, 2.05) is 30.3 Å². The number of carbonyl (C=O) groups is 1. The number of hydrogen-bond acceptors (Lipinski definition) is 3. The van der Waals surface area contributed by atoms with E-state index in [-0.39, 0.29) is 10.8 Å². The van der Waals surface area contributed by atoms with Gasteiger partial charge in [-0.3, -0.25) is 4.79 Å². The minimum absolute atomic E-state index is 0.0991. The molecule has 2 aromatic rings. The minimum atomic E-state index is -3.65. The van der Waals surface area contributed by atoms with E-state index < -0.39 is 10.0 Å². The standard InChI is InChI=1S/C20H26N2O3S/c1-16(2)11-13-21-20(23)18-9-6-10-19(15-18)26(24,25)22-14-12-17-7-4-3-5-8-17/h3-10,15-16,22H,11-14H2,1-2H3,(H,21,23). The molecule has 2 N–H and O–H groups in total. The SMILES string of the molecule is CC(C)CCNC(=O)c1cccc(S(=O)(=O)NCCc2ccccc2)c1. The summed E-state index contributed by atoms with van der Waals surface area (Å²) in [5.41, 5.74) is 1.41. The molecule has 1 amide bonds. The molecular weight excluding hydrogens is 348 g/mol. The number of carbonyl (C=O) groups excluding carboxylic acids is 1. The molecule has 2 rings (SSSR count). The van der Waals surface area contributed by atoms with Crippen LogP contribution in [0.2, 0.25) is 0 Å². The van der Waals surface area contributed by atoms with Crippen LogP contribution >= 0.6 is 0 Å². The zero-order chi connectivity index (χ0) is 19.0. The van der Waals surface area contributed by atoms with Gasteiger partial charge in [0, 0.05) is 18.7 Å². The van der Waals surface area contributed by atoms with Gasteiger partial charge < -0.3 is 5.32 Å². The first kappa shape index (κ1) is 20.1. The fraction of sp³-hybridized carbons (Fsp3) is 0.350. The van der Waals surface area contributed by atoms with E-state index in [9.17, 15) is 13.2 Å². The quantitative estimate of drug-likeness (QED) is 0.708. The number of nitrogens with one attached hydrogen (secondary N) is 2. The van der Waals surface area contributed by atoms with Gasteiger partial charge in [-0.05, 0) is 42.5 Å². The van der Waals surface area contributed by atoms with Crippen LogP contribution in [0.3, 0.4) is 0 Å². The maximum absolute atomic E-state index is 12.5. The minimum Gasteiger partial charge on any atom is -0.352 e. The molecule has 26 heavy (non-hydrogen) atoms. The van der Waals surface area contributed by atoms with Crippen molar-refractivity contribution in [3.63, 3.8) is 0 Å². The van der Waals surface area contributed by atoms with E-state index in [1.165, 1.54) is 12.1 Å². The number of rotatable bonds is 9. The van der Waals surface area contributed by atoms with Crippen LogP contribution in [-0.4, -0.2) is 27.4 Å². The Balaban J connectivity index is 1.97. The molecule has 140 valence electrons. The third-order valence-electron chi connectivity index (χ3n) is 3.96. The van der Waals surface area contributed by atoms with Crippen LogP contribution in [0.5, 0.6) is 0 Å². The van der Waals surface area contributed by atoms with Crippen molar-refractivity contribution in [1.29, 1.82) is 0 Å². The Labute approximate surface area is 155 Å². The first-order chi connectivity index (χ1) is 12.4. The number of benzene rings is 2. The van der Waals surface area contributed by atoms with Gasteiger partial charge in [0.15, 0.2) is 0 Å². The van der Waals surface area contributed by atoms with Crippen LogP contribution in [0.1, 0.15) is 36.2 Å². The molecule has 0 spiro atoms. The lowest BCUT2D eigenvalue weighted by molar-refractivity contribution is 0.0952. The number of hydrogen-bond donors (Lipinski definition) is 2. The lowest BCUT2D eigenvalue weighted by atomic mass is 10.1. The third kappa shape index (κ3) is 6.28. The van der Waals surface area contributed by atoms with Gasteiger partial charge in [0.05, 0.1) is 4.90 Å². The van der Waals surface area contributed by atoms with Gasteiger partial charge in [-0.25, -0.2) is 13.1 Å². The average Bonchev–Trinajstić information content (AvgIpc) is 2.62. The Hall–Kier alpha value is -2.18. The van der Waals surface area contributed by atoms with Crippen LogP contribution in [-0.2, 0) is 16.4 Å². The van der Waals surface area contributed by atoms with Crippen molar-refractivity contribution < 1.29 is 13.2 Å².